The molecule has 1 aliphatic rings. The van der Waals surface area contributed by atoms with Crippen molar-refractivity contribution in [3.8, 4) is 5.75 Å². The molecule has 4 rings (SSSR count). The van der Waals surface area contributed by atoms with Gasteiger partial charge in [-0.2, -0.15) is 5.10 Å². The maximum Gasteiger partial charge on any atom is 0.227 e. The molecule has 0 saturated carbocycles. The van der Waals surface area contributed by atoms with Gasteiger partial charge < -0.3 is 15.4 Å². The quantitative estimate of drug-likeness (QED) is 0.675. The van der Waals surface area contributed by atoms with E-state index in [-0.39, 0.29) is 24.0 Å². The zero-order valence-electron chi connectivity index (χ0n) is 16.2. The number of nitrogens with zero attached hydrogens (tertiary/aromatic N) is 5. The molecule has 8 nitrogen and oxygen atoms in total. The molecule has 152 valence electrons. The average molecular weight is 398 g/mol. The van der Waals surface area contributed by atoms with Crippen molar-refractivity contribution in [2.24, 2.45) is 5.73 Å². The number of nitrogens with two attached hydrogens (primary N) is 1. The first-order chi connectivity index (χ1) is 14.1. The summed E-state index contributed by atoms with van der Waals surface area (Å²) >= 11 is 0. The van der Waals surface area contributed by atoms with Crippen LogP contribution in [0.15, 0.2) is 30.6 Å². The van der Waals surface area contributed by atoms with Crippen LogP contribution >= 0.6 is 0 Å². The van der Waals surface area contributed by atoms with Gasteiger partial charge in [0.25, 0.3) is 0 Å². The Labute approximate surface area is 167 Å². The van der Waals surface area contributed by atoms with E-state index in [1.807, 2.05) is 0 Å². The summed E-state index contributed by atoms with van der Waals surface area (Å²) in [6.07, 6.45) is 4.24. The Balaban J connectivity index is 1.48. The van der Waals surface area contributed by atoms with Crippen LogP contribution in [0, 0.1) is 5.82 Å². The van der Waals surface area contributed by atoms with Gasteiger partial charge in [-0.15, -0.1) is 0 Å². The Hall–Kier alpha value is -3.07. The van der Waals surface area contributed by atoms with Crippen molar-refractivity contribution in [2.45, 2.75) is 25.3 Å². The van der Waals surface area contributed by atoms with E-state index in [1.165, 1.54) is 13.2 Å². The highest BCUT2D eigenvalue weighted by atomic mass is 19.1. The third kappa shape index (κ3) is 3.77. The third-order valence-corrected chi connectivity index (χ3v) is 5.23. The number of amides is 1. The van der Waals surface area contributed by atoms with E-state index in [9.17, 15) is 9.18 Å². The van der Waals surface area contributed by atoms with Crippen molar-refractivity contribution >= 4 is 17.1 Å². The van der Waals surface area contributed by atoms with E-state index in [0.717, 1.165) is 17.6 Å². The first-order valence-corrected chi connectivity index (χ1v) is 9.58. The van der Waals surface area contributed by atoms with Crippen LogP contribution in [-0.4, -0.2) is 57.3 Å². The van der Waals surface area contributed by atoms with Gasteiger partial charge in [-0.05, 0) is 24.1 Å². The number of aromatic nitrogens is 4. The van der Waals surface area contributed by atoms with Gasteiger partial charge in [-0.3, -0.25) is 4.79 Å². The first kappa shape index (κ1) is 19.3. The van der Waals surface area contributed by atoms with E-state index < -0.39 is 5.82 Å². The van der Waals surface area contributed by atoms with Crippen molar-refractivity contribution in [3.63, 3.8) is 0 Å². The molecule has 0 radical (unpaired) electrons. The number of fused-ring (bicyclic) bond motifs is 1. The monoisotopic (exact) mass is 398 g/mol. The summed E-state index contributed by atoms with van der Waals surface area (Å²) in [6.45, 7) is 2.21. The standard InChI is InChI=1S/C20H23FN6O2/c1-29-16-3-2-13(10-15(16)21)11-17(28)26-8-4-14(12-26)18-19-20(24-7-6-23-19)27(25-18)9-5-22/h2-3,6-7,10,14H,4-5,8-9,11-12,22H2,1H3/t14-/m1/s1. The molecule has 3 aromatic rings. The number of halogens is 1. The Bertz CT molecular complexity index is 1040. The van der Waals surface area contributed by atoms with E-state index in [1.54, 1.807) is 34.1 Å². The molecule has 29 heavy (non-hydrogen) atoms. The molecule has 3 heterocycles. The molecule has 0 aliphatic carbocycles. The topological polar surface area (TPSA) is 99.2 Å². The van der Waals surface area contributed by atoms with Gasteiger partial charge >= 0.3 is 0 Å². The molecule has 1 atom stereocenters. The summed E-state index contributed by atoms with van der Waals surface area (Å²) in [5, 5.41) is 4.68. The molecular formula is C20H23FN6O2. The Morgan fingerprint density at radius 1 is 1.34 bits per heavy atom. The molecule has 1 aliphatic heterocycles. The summed E-state index contributed by atoms with van der Waals surface area (Å²) in [6, 6.07) is 4.60. The van der Waals surface area contributed by atoms with Crippen LogP contribution in [-0.2, 0) is 17.8 Å². The molecule has 1 amide bonds. The fourth-order valence-electron chi connectivity index (χ4n) is 3.79. The van der Waals surface area contributed by atoms with E-state index in [0.29, 0.717) is 37.4 Å². The zero-order valence-corrected chi connectivity index (χ0v) is 16.2. The molecule has 1 aromatic carbocycles. The molecule has 1 saturated heterocycles. The zero-order chi connectivity index (χ0) is 20.4. The number of likely N-dealkylation sites (tertiary alicyclic amines) is 1. The third-order valence-electron chi connectivity index (χ3n) is 5.23. The lowest BCUT2D eigenvalue weighted by Crippen LogP contribution is -2.30. The minimum absolute atomic E-state index is 0.0335. The highest BCUT2D eigenvalue weighted by Gasteiger charge is 2.31. The maximum absolute atomic E-state index is 13.9. The molecule has 0 spiro atoms. The number of ether oxygens (including phenoxy) is 1. The van der Waals surface area contributed by atoms with Crippen LogP contribution in [0.2, 0.25) is 0 Å². The minimum Gasteiger partial charge on any atom is -0.494 e. The largest absolute Gasteiger partial charge is 0.494 e. The maximum atomic E-state index is 13.9. The number of hydrogen-bond donors (Lipinski definition) is 1. The van der Waals surface area contributed by atoms with Gasteiger partial charge in [0, 0.05) is 37.9 Å². The molecule has 1 fully saturated rings. The van der Waals surface area contributed by atoms with Crippen LogP contribution in [0.25, 0.3) is 11.2 Å². The van der Waals surface area contributed by atoms with Crippen LogP contribution in [0.3, 0.4) is 0 Å². The van der Waals surface area contributed by atoms with E-state index >= 15 is 0 Å². The normalized spacial score (nSPS) is 16.5. The van der Waals surface area contributed by atoms with Gasteiger partial charge in [0.05, 0.1) is 25.8 Å². The molecule has 2 N–H and O–H groups in total. The van der Waals surface area contributed by atoms with Crippen molar-refractivity contribution in [1.29, 1.82) is 0 Å². The number of rotatable bonds is 6. The number of methoxy groups -OCH3 is 1. The fraction of sp³-hybridized carbons (Fsp3) is 0.400. The number of benzene rings is 1. The van der Waals surface area contributed by atoms with Gasteiger partial charge in [-0.1, -0.05) is 6.07 Å². The minimum atomic E-state index is -0.465. The van der Waals surface area contributed by atoms with Crippen LogP contribution in [0.5, 0.6) is 5.75 Å². The van der Waals surface area contributed by atoms with Crippen molar-refractivity contribution < 1.29 is 13.9 Å². The predicted octanol–water partition coefficient (Wildman–Crippen LogP) is 1.49. The summed E-state index contributed by atoms with van der Waals surface area (Å²) in [7, 11) is 1.41. The molecule has 0 bridgehead atoms. The number of hydrogen-bond acceptors (Lipinski definition) is 6. The van der Waals surface area contributed by atoms with E-state index in [4.69, 9.17) is 10.5 Å². The van der Waals surface area contributed by atoms with Crippen LogP contribution in [0.4, 0.5) is 4.39 Å². The number of carbonyl (C=O) groups is 1. The predicted molar refractivity (Wildman–Crippen MR) is 105 cm³/mol. The number of carbonyl (C=O) groups excluding carboxylic acids is 1. The molecule has 9 heteroatoms. The van der Waals surface area contributed by atoms with Gasteiger partial charge in [0.15, 0.2) is 17.2 Å². The SMILES string of the molecule is COc1ccc(CC(=O)N2CC[C@@H](c3nn(CCN)c4nccnc34)C2)cc1F. The van der Waals surface area contributed by atoms with Crippen LogP contribution in [0.1, 0.15) is 23.6 Å². The lowest BCUT2D eigenvalue weighted by atomic mass is 10.0. The van der Waals surface area contributed by atoms with Crippen molar-refractivity contribution in [1.82, 2.24) is 24.6 Å². The summed E-state index contributed by atoms with van der Waals surface area (Å²) in [5.74, 6) is -0.241. The lowest BCUT2D eigenvalue weighted by molar-refractivity contribution is -0.129. The van der Waals surface area contributed by atoms with E-state index in [2.05, 4.69) is 15.1 Å². The highest BCUT2D eigenvalue weighted by Crippen LogP contribution is 2.30. The average Bonchev–Trinajstić information content (AvgIpc) is 3.34. The Morgan fingerprint density at radius 3 is 2.93 bits per heavy atom. The summed E-state index contributed by atoms with van der Waals surface area (Å²) in [4.78, 5) is 23.4. The highest BCUT2D eigenvalue weighted by molar-refractivity contribution is 5.80. The Morgan fingerprint density at radius 2 is 2.17 bits per heavy atom. The van der Waals surface area contributed by atoms with Gasteiger partial charge in [-0.25, -0.2) is 19.0 Å². The Kier molecular flexibility index (Phi) is 5.39. The summed E-state index contributed by atoms with van der Waals surface area (Å²) in [5.41, 5.74) is 8.64. The van der Waals surface area contributed by atoms with Crippen LogP contribution < -0.4 is 10.5 Å². The second-order valence-electron chi connectivity index (χ2n) is 7.10. The molecule has 2 aromatic heterocycles. The van der Waals surface area contributed by atoms with Gasteiger partial charge in [0.1, 0.15) is 5.52 Å². The second-order valence-corrected chi connectivity index (χ2v) is 7.10. The lowest BCUT2D eigenvalue weighted by Gasteiger charge is -2.16. The fourth-order valence-corrected chi connectivity index (χ4v) is 3.79. The molecule has 0 unspecified atom stereocenters. The van der Waals surface area contributed by atoms with Crippen molar-refractivity contribution in [3.05, 3.63) is 47.7 Å². The molecular weight excluding hydrogens is 375 g/mol. The van der Waals surface area contributed by atoms with Crippen molar-refractivity contribution in [2.75, 3.05) is 26.7 Å². The summed E-state index contributed by atoms with van der Waals surface area (Å²) < 4.78 is 20.6. The van der Waals surface area contributed by atoms with Gasteiger partial charge in [0.2, 0.25) is 5.91 Å². The smallest absolute Gasteiger partial charge is 0.227 e. The second kappa shape index (κ2) is 8.12. The first-order valence-electron chi connectivity index (χ1n) is 9.58.